The molecule has 0 aliphatic heterocycles. The van der Waals surface area contributed by atoms with Gasteiger partial charge in [-0.2, -0.15) is 4.98 Å². The fourth-order valence-electron chi connectivity index (χ4n) is 3.62. The summed E-state index contributed by atoms with van der Waals surface area (Å²) in [5, 5.41) is 10.2. The van der Waals surface area contributed by atoms with E-state index in [2.05, 4.69) is 25.5 Å². The fourth-order valence-corrected chi connectivity index (χ4v) is 3.75. The summed E-state index contributed by atoms with van der Waals surface area (Å²) < 4.78 is 46.3. The number of urea groups is 1. The van der Waals surface area contributed by atoms with Crippen LogP contribution in [0.15, 0.2) is 53.1 Å². The molecule has 2 N–H and O–H groups in total. The second kappa shape index (κ2) is 8.70. The highest BCUT2D eigenvalue weighted by molar-refractivity contribution is 6.30. The fraction of sp³-hybridized carbons (Fsp3) is 0.286. The maximum absolute atomic E-state index is 12.6. The van der Waals surface area contributed by atoms with Crippen LogP contribution in [0.25, 0.3) is 11.4 Å². The standard InChI is InChI=1S/C21H18ClF3N4O3/c22-14-5-7-15(8-6-14)26-19(30)28-20(11-1-2-12-20)18-27-17(29-32-18)13-3-9-16(10-4-13)31-21(23,24)25/h3-10H,1-2,11-12H2,(H2,26,28,30). The van der Waals surface area contributed by atoms with Crippen LogP contribution in [0.2, 0.25) is 5.02 Å². The van der Waals surface area contributed by atoms with E-state index in [1.54, 1.807) is 24.3 Å². The number of carbonyl (C=O) groups is 1. The molecule has 1 aromatic heterocycles. The van der Waals surface area contributed by atoms with Gasteiger partial charge in [0, 0.05) is 16.3 Å². The second-order valence-corrected chi connectivity index (χ2v) is 7.81. The number of nitrogens with zero attached hydrogens (tertiary/aromatic N) is 2. The third-order valence-electron chi connectivity index (χ3n) is 5.09. The first-order chi connectivity index (χ1) is 15.2. The van der Waals surface area contributed by atoms with Crippen molar-refractivity contribution in [3.63, 3.8) is 0 Å². The van der Waals surface area contributed by atoms with E-state index in [0.717, 1.165) is 12.8 Å². The van der Waals surface area contributed by atoms with Crippen LogP contribution in [0.5, 0.6) is 5.75 Å². The molecule has 0 saturated heterocycles. The Morgan fingerprint density at radius 3 is 2.34 bits per heavy atom. The Hall–Kier alpha value is -3.27. The molecule has 1 aliphatic rings. The van der Waals surface area contributed by atoms with E-state index >= 15 is 0 Å². The SMILES string of the molecule is O=C(Nc1ccc(Cl)cc1)NC1(c2nc(-c3ccc(OC(F)(F)F)cc3)no2)CCCC1. The molecule has 1 aliphatic carbocycles. The number of hydrogen-bond donors (Lipinski definition) is 2. The quantitative estimate of drug-likeness (QED) is 0.490. The first-order valence-corrected chi connectivity index (χ1v) is 10.2. The van der Waals surface area contributed by atoms with Gasteiger partial charge in [0.15, 0.2) is 0 Å². The number of amides is 2. The van der Waals surface area contributed by atoms with Gasteiger partial charge in [-0.05, 0) is 61.4 Å². The smallest absolute Gasteiger partial charge is 0.406 e. The summed E-state index contributed by atoms with van der Waals surface area (Å²) >= 11 is 5.86. The highest BCUT2D eigenvalue weighted by Crippen LogP contribution is 2.39. The van der Waals surface area contributed by atoms with Gasteiger partial charge in [0.1, 0.15) is 11.3 Å². The molecule has 11 heteroatoms. The average molecular weight is 467 g/mol. The maximum Gasteiger partial charge on any atom is 0.573 e. The van der Waals surface area contributed by atoms with Gasteiger partial charge in [0.2, 0.25) is 5.82 Å². The second-order valence-electron chi connectivity index (χ2n) is 7.37. The van der Waals surface area contributed by atoms with Crippen LogP contribution in [0.3, 0.4) is 0 Å². The van der Waals surface area contributed by atoms with E-state index in [1.807, 2.05) is 0 Å². The van der Waals surface area contributed by atoms with Crippen LogP contribution in [0, 0.1) is 0 Å². The van der Waals surface area contributed by atoms with Gasteiger partial charge < -0.3 is 19.9 Å². The van der Waals surface area contributed by atoms with Crippen molar-refractivity contribution >= 4 is 23.3 Å². The summed E-state index contributed by atoms with van der Waals surface area (Å²) in [5.74, 6) is 0.0920. The third kappa shape index (κ3) is 5.13. The van der Waals surface area contributed by atoms with E-state index in [1.165, 1.54) is 24.3 Å². The Morgan fingerprint density at radius 2 is 1.72 bits per heavy atom. The van der Waals surface area contributed by atoms with Gasteiger partial charge in [-0.1, -0.05) is 29.6 Å². The van der Waals surface area contributed by atoms with E-state index in [9.17, 15) is 18.0 Å². The largest absolute Gasteiger partial charge is 0.573 e. The van der Waals surface area contributed by atoms with Crippen molar-refractivity contribution in [3.8, 4) is 17.1 Å². The van der Waals surface area contributed by atoms with Crippen molar-refractivity contribution in [2.75, 3.05) is 5.32 Å². The number of ether oxygens (including phenoxy) is 1. The molecule has 168 valence electrons. The Labute approximate surface area is 185 Å². The van der Waals surface area contributed by atoms with Crippen molar-refractivity contribution in [1.29, 1.82) is 0 Å². The van der Waals surface area contributed by atoms with Crippen LogP contribution in [0.4, 0.5) is 23.7 Å². The number of anilines is 1. The van der Waals surface area contributed by atoms with Gasteiger partial charge in [0.25, 0.3) is 5.89 Å². The van der Waals surface area contributed by atoms with E-state index in [-0.39, 0.29) is 17.5 Å². The molecule has 1 heterocycles. The molecule has 32 heavy (non-hydrogen) atoms. The van der Waals surface area contributed by atoms with Crippen molar-refractivity contribution in [2.24, 2.45) is 0 Å². The minimum absolute atomic E-state index is 0.199. The molecule has 2 amide bonds. The molecule has 1 fully saturated rings. The monoisotopic (exact) mass is 466 g/mol. The van der Waals surface area contributed by atoms with Crippen molar-refractivity contribution in [1.82, 2.24) is 15.5 Å². The van der Waals surface area contributed by atoms with Gasteiger partial charge in [0.05, 0.1) is 0 Å². The van der Waals surface area contributed by atoms with Crippen LogP contribution in [0.1, 0.15) is 31.6 Å². The Morgan fingerprint density at radius 1 is 1.06 bits per heavy atom. The summed E-state index contributed by atoms with van der Waals surface area (Å²) in [6.07, 6.45) is -1.82. The molecule has 1 saturated carbocycles. The Balaban J connectivity index is 1.50. The molecular weight excluding hydrogens is 449 g/mol. The minimum Gasteiger partial charge on any atom is -0.406 e. The summed E-state index contributed by atoms with van der Waals surface area (Å²) in [6.45, 7) is 0. The summed E-state index contributed by atoms with van der Waals surface area (Å²) in [5.41, 5.74) is 0.196. The number of halogens is 4. The molecular formula is C21H18ClF3N4O3. The van der Waals surface area contributed by atoms with Gasteiger partial charge in [-0.25, -0.2) is 4.79 Å². The van der Waals surface area contributed by atoms with Crippen molar-refractivity contribution < 1.29 is 27.2 Å². The van der Waals surface area contributed by atoms with E-state index in [0.29, 0.717) is 29.1 Å². The lowest BCUT2D eigenvalue weighted by Gasteiger charge is -2.26. The molecule has 2 aromatic carbocycles. The lowest BCUT2D eigenvalue weighted by molar-refractivity contribution is -0.274. The summed E-state index contributed by atoms with van der Waals surface area (Å²) in [7, 11) is 0. The maximum atomic E-state index is 12.6. The van der Waals surface area contributed by atoms with Gasteiger partial charge in [-0.15, -0.1) is 13.2 Å². The van der Waals surface area contributed by atoms with Gasteiger partial charge in [-0.3, -0.25) is 0 Å². The summed E-state index contributed by atoms with van der Waals surface area (Å²) in [6, 6.07) is 11.4. The summed E-state index contributed by atoms with van der Waals surface area (Å²) in [4.78, 5) is 17.0. The minimum atomic E-state index is -4.77. The predicted molar refractivity (Wildman–Crippen MR) is 110 cm³/mol. The Kier molecular flexibility index (Phi) is 5.96. The molecule has 0 spiro atoms. The first-order valence-electron chi connectivity index (χ1n) is 9.78. The number of benzene rings is 2. The zero-order chi connectivity index (χ0) is 22.8. The average Bonchev–Trinajstić information content (AvgIpc) is 3.40. The lowest BCUT2D eigenvalue weighted by atomic mass is 9.97. The Bertz CT molecular complexity index is 1080. The van der Waals surface area contributed by atoms with E-state index < -0.39 is 17.9 Å². The number of alkyl halides is 3. The molecule has 0 atom stereocenters. The topological polar surface area (TPSA) is 89.3 Å². The van der Waals surface area contributed by atoms with Crippen LogP contribution >= 0.6 is 11.6 Å². The van der Waals surface area contributed by atoms with Gasteiger partial charge >= 0.3 is 12.4 Å². The molecule has 0 radical (unpaired) electrons. The van der Waals surface area contributed by atoms with Crippen LogP contribution in [-0.2, 0) is 5.54 Å². The number of rotatable bonds is 5. The normalized spacial score (nSPS) is 15.4. The predicted octanol–water partition coefficient (Wildman–Crippen LogP) is 5.88. The zero-order valence-corrected chi connectivity index (χ0v) is 17.3. The number of hydrogen-bond acceptors (Lipinski definition) is 5. The first kappa shape index (κ1) is 21.9. The number of aromatic nitrogens is 2. The van der Waals surface area contributed by atoms with Crippen LogP contribution < -0.4 is 15.4 Å². The number of carbonyl (C=O) groups excluding carboxylic acids is 1. The molecule has 0 unspecified atom stereocenters. The van der Waals surface area contributed by atoms with Crippen LogP contribution in [-0.4, -0.2) is 22.5 Å². The van der Waals surface area contributed by atoms with E-state index in [4.69, 9.17) is 16.1 Å². The molecule has 7 nitrogen and oxygen atoms in total. The third-order valence-corrected chi connectivity index (χ3v) is 5.35. The molecule has 0 bridgehead atoms. The lowest BCUT2D eigenvalue weighted by Crippen LogP contribution is -2.46. The number of nitrogens with one attached hydrogen (secondary N) is 2. The molecule has 3 aromatic rings. The highest BCUT2D eigenvalue weighted by atomic mass is 35.5. The molecule has 4 rings (SSSR count). The van der Waals surface area contributed by atoms with Crippen molar-refractivity contribution in [3.05, 3.63) is 59.4 Å². The van der Waals surface area contributed by atoms with Crippen molar-refractivity contribution in [2.45, 2.75) is 37.6 Å². The zero-order valence-electron chi connectivity index (χ0n) is 16.6. The highest BCUT2D eigenvalue weighted by Gasteiger charge is 2.42.